The first-order chi connectivity index (χ1) is 22.3. The van der Waals surface area contributed by atoms with Gasteiger partial charge in [-0.05, 0) is 122 Å². The van der Waals surface area contributed by atoms with Crippen molar-refractivity contribution >= 4 is 75.3 Å². The number of fused-ring (bicyclic) bond motifs is 3. The van der Waals surface area contributed by atoms with E-state index in [4.69, 9.17) is 0 Å². The monoisotopic (exact) mass is 868 g/mol. The van der Waals surface area contributed by atoms with Gasteiger partial charge in [-0.2, -0.15) is 0 Å². The van der Waals surface area contributed by atoms with Gasteiger partial charge in [0.25, 0.3) is 0 Å². The third kappa shape index (κ3) is 8.78. The normalized spacial score (nSPS) is 16.1. The molecule has 0 bridgehead atoms. The highest BCUT2D eigenvalue weighted by atomic mass is 79.9. The number of alkyl halides is 2. The van der Waals surface area contributed by atoms with Crippen LogP contribution < -0.4 is 0 Å². The summed E-state index contributed by atoms with van der Waals surface area (Å²) in [6, 6.07) is 29.5. The highest BCUT2D eigenvalue weighted by molar-refractivity contribution is 9.11. The quantitative estimate of drug-likeness (QED) is 0.192. The summed E-state index contributed by atoms with van der Waals surface area (Å²) in [7, 11) is 0. The molecule has 0 amide bonds. The molecule has 1 spiro atoms. The van der Waals surface area contributed by atoms with Crippen LogP contribution in [0.5, 0.6) is 0 Å². The highest BCUT2D eigenvalue weighted by Crippen LogP contribution is 2.45. The molecule has 0 aromatic heterocycles. The van der Waals surface area contributed by atoms with Gasteiger partial charge in [-0.25, -0.2) is 0 Å². The molecule has 0 radical (unpaired) electrons. The molecule has 0 fully saturated rings. The van der Waals surface area contributed by atoms with E-state index in [9.17, 15) is 9.59 Å². The fourth-order valence-electron chi connectivity index (χ4n) is 7.00. The van der Waals surface area contributed by atoms with Crippen molar-refractivity contribution in [2.45, 2.75) is 70.6 Å². The van der Waals surface area contributed by atoms with Crippen molar-refractivity contribution in [1.29, 1.82) is 0 Å². The van der Waals surface area contributed by atoms with Crippen molar-refractivity contribution in [3.63, 3.8) is 0 Å². The number of carbonyl (C=O) groups is 2. The van der Waals surface area contributed by atoms with E-state index in [1.165, 1.54) is 33.4 Å². The van der Waals surface area contributed by atoms with Crippen molar-refractivity contribution in [2.24, 2.45) is 5.41 Å². The Morgan fingerprint density at radius 2 is 1.02 bits per heavy atom. The van der Waals surface area contributed by atoms with Gasteiger partial charge in [0, 0.05) is 42.6 Å². The third-order valence-corrected chi connectivity index (χ3v) is 11.4. The number of carbonyl (C=O) groups excluding carboxylic acids is 2. The van der Waals surface area contributed by atoms with E-state index in [0.717, 1.165) is 94.9 Å². The van der Waals surface area contributed by atoms with Gasteiger partial charge in [0.05, 0.1) is 0 Å². The second-order valence-electron chi connectivity index (χ2n) is 12.4. The first kappa shape index (κ1) is 35.4. The summed E-state index contributed by atoms with van der Waals surface area (Å²) in [5.41, 5.74) is 9.95. The highest BCUT2D eigenvalue weighted by Gasteiger charge is 2.42. The van der Waals surface area contributed by atoms with Gasteiger partial charge in [-0.15, -0.1) is 0 Å². The molecule has 4 aromatic rings. The van der Waals surface area contributed by atoms with Crippen LogP contribution in [0.2, 0.25) is 0 Å². The van der Waals surface area contributed by atoms with Crippen molar-refractivity contribution in [1.82, 2.24) is 0 Å². The van der Waals surface area contributed by atoms with Crippen molar-refractivity contribution in [2.75, 3.05) is 10.7 Å². The number of ketones is 2. The zero-order valence-corrected chi connectivity index (χ0v) is 32.4. The number of hydrogen-bond donors (Lipinski definition) is 0. The lowest BCUT2D eigenvalue weighted by molar-refractivity contribution is 0.0724. The van der Waals surface area contributed by atoms with Gasteiger partial charge in [0.1, 0.15) is 0 Å². The number of aryl methyl sites for hydroxylation is 6. The topological polar surface area (TPSA) is 34.1 Å². The standard InChI is InChI=1S/C20H19BrO.C10H12Br2.C10H9BrO/c21-17-6-5-16-9-12-20(19(22)18(16)13-17)10-7-14-3-1-2-4-15(14)8-11-20;11-7-5-9-3-1-2-4-10(9)6-8-12;11-8-5-4-7-2-1-3-10(12)9(7)6-8/h1-6,13H,7-12H2;1-4H,5-8H2;4-6H,1-3H2. The molecule has 0 saturated carbocycles. The number of hydrogen-bond acceptors (Lipinski definition) is 2. The molecule has 0 saturated heterocycles. The molecule has 3 aliphatic rings. The van der Waals surface area contributed by atoms with Crippen LogP contribution in [0.15, 0.2) is 93.9 Å². The van der Waals surface area contributed by atoms with Crippen LogP contribution in [0, 0.1) is 5.41 Å². The molecule has 46 heavy (non-hydrogen) atoms. The van der Waals surface area contributed by atoms with Crippen molar-refractivity contribution < 1.29 is 9.59 Å². The Morgan fingerprint density at radius 3 is 1.57 bits per heavy atom. The minimum atomic E-state index is -0.146. The lowest BCUT2D eigenvalue weighted by Crippen LogP contribution is -2.36. The average Bonchev–Trinajstić information content (AvgIpc) is 3.26. The molecular formula is C40H40Br4O2. The molecule has 240 valence electrons. The van der Waals surface area contributed by atoms with Gasteiger partial charge >= 0.3 is 0 Å². The van der Waals surface area contributed by atoms with E-state index in [1.807, 2.05) is 30.3 Å². The Hall–Kier alpha value is -1.86. The second kappa shape index (κ2) is 17.0. The van der Waals surface area contributed by atoms with Crippen LogP contribution >= 0.6 is 63.7 Å². The summed E-state index contributed by atoms with van der Waals surface area (Å²) in [4.78, 5) is 24.6. The van der Waals surface area contributed by atoms with Gasteiger partial charge in [0.15, 0.2) is 11.6 Å². The van der Waals surface area contributed by atoms with Crippen LogP contribution in [-0.2, 0) is 38.5 Å². The van der Waals surface area contributed by atoms with Crippen LogP contribution in [0.1, 0.15) is 86.2 Å². The Kier molecular flexibility index (Phi) is 13.1. The van der Waals surface area contributed by atoms with Crippen LogP contribution in [0.25, 0.3) is 0 Å². The van der Waals surface area contributed by atoms with Gasteiger partial charge in [-0.3, -0.25) is 9.59 Å². The molecule has 2 nitrogen and oxygen atoms in total. The van der Waals surface area contributed by atoms with E-state index in [2.05, 4.69) is 118 Å². The summed E-state index contributed by atoms with van der Waals surface area (Å²) in [6.07, 6.45) is 11.1. The van der Waals surface area contributed by atoms with Crippen LogP contribution in [0.4, 0.5) is 0 Å². The van der Waals surface area contributed by atoms with Crippen LogP contribution in [0.3, 0.4) is 0 Å². The predicted molar refractivity (Wildman–Crippen MR) is 205 cm³/mol. The first-order valence-corrected chi connectivity index (χ1v) is 20.1. The van der Waals surface area contributed by atoms with Gasteiger partial charge < -0.3 is 0 Å². The first-order valence-electron chi connectivity index (χ1n) is 16.2. The molecule has 0 atom stereocenters. The summed E-state index contributed by atoms with van der Waals surface area (Å²) in [5, 5.41) is 2.10. The molecule has 0 aliphatic heterocycles. The minimum Gasteiger partial charge on any atom is -0.294 e. The number of rotatable bonds is 4. The molecule has 0 heterocycles. The zero-order valence-electron chi connectivity index (χ0n) is 26.1. The van der Waals surface area contributed by atoms with E-state index >= 15 is 0 Å². The second-order valence-corrected chi connectivity index (χ2v) is 15.8. The molecule has 7 rings (SSSR count). The molecule has 6 heteroatoms. The maximum absolute atomic E-state index is 13.2. The molecular weight excluding hydrogens is 832 g/mol. The van der Waals surface area contributed by atoms with Crippen molar-refractivity contribution in [3.05, 3.63) is 138 Å². The Bertz CT molecular complexity index is 1630. The number of Topliss-reactive ketones (excluding diaryl/α,β-unsaturated/α-hetero) is 2. The number of benzene rings is 4. The Labute approximate surface area is 307 Å². The van der Waals surface area contributed by atoms with Gasteiger partial charge in [0.2, 0.25) is 0 Å². The van der Waals surface area contributed by atoms with E-state index in [1.54, 1.807) is 0 Å². The fraction of sp³-hybridized carbons (Fsp3) is 0.350. The van der Waals surface area contributed by atoms with Gasteiger partial charge in [-0.1, -0.05) is 124 Å². The third-order valence-electron chi connectivity index (χ3n) is 9.60. The van der Waals surface area contributed by atoms with E-state index < -0.39 is 0 Å². The average molecular weight is 872 g/mol. The lowest BCUT2D eigenvalue weighted by Gasteiger charge is -2.36. The summed E-state index contributed by atoms with van der Waals surface area (Å²) in [6.45, 7) is 0. The zero-order chi connectivity index (χ0) is 32.5. The largest absolute Gasteiger partial charge is 0.294 e. The molecule has 4 aromatic carbocycles. The van der Waals surface area contributed by atoms with E-state index in [0.29, 0.717) is 12.2 Å². The Balaban J connectivity index is 0.000000148. The van der Waals surface area contributed by atoms with Crippen LogP contribution in [-0.4, -0.2) is 22.2 Å². The predicted octanol–water partition coefficient (Wildman–Crippen LogP) is 11.7. The SMILES string of the molecule is BrCCc1ccccc1CCBr.O=C1CCCc2ccc(Br)cc21.O=C1c2cc(Br)ccc2CCC12CCc1ccccc1CC2. The maximum Gasteiger partial charge on any atom is 0.169 e. The molecule has 0 unspecified atom stereocenters. The maximum atomic E-state index is 13.2. The molecule has 3 aliphatic carbocycles. The summed E-state index contributed by atoms with van der Waals surface area (Å²) in [5.74, 6) is 0.667. The van der Waals surface area contributed by atoms with E-state index in [-0.39, 0.29) is 11.2 Å². The lowest BCUT2D eigenvalue weighted by atomic mass is 9.66. The van der Waals surface area contributed by atoms with Crippen molar-refractivity contribution in [3.8, 4) is 0 Å². The summed E-state index contributed by atoms with van der Waals surface area (Å²) >= 11 is 13.8. The Morgan fingerprint density at radius 1 is 0.543 bits per heavy atom. The fourth-order valence-corrected chi connectivity index (χ4v) is 8.57. The molecule has 0 N–H and O–H groups in total. The minimum absolute atomic E-state index is 0.146. The smallest absolute Gasteiger partial charge is 0.169 e. The number of halogens is 4. The summed E-state index contributed by atoms with van der Waals surface area (Å²) < 4.78 is 2.00.